The first-order valence-corrected chi connectivity index (χ1v) is 5.30. The largest absolute Gasteiger partial charge is 0.452 e. The minimum Gasteiger partial charge on any atom is -0.452 e. The number of halogens is 2. The Morgan fingerprint density at radius 3 is 2.58 bits per heavy atom. The average Bonchev–Trinajstić information content (AvgIpc) is 2.39. The number of carbonyl (C=O) groups is 1. The van der Waals surface area contributed by atoms with Gasteiger partial charge in [-0.3, -0.25) is 4.79 Å². The summed E-state index contributed by atoms with van der Waals surface area (Å²) in [5.74, 6) is -3.22. The molecule has 19 heavy (non-hydrogen) atoms. The molecule has 0 aliphatic heterocycles. The summed E-state index contributed by atoms with van der Waals surface area (Å²) in [5.41, 5.74) is 10.8. The second-order valence-electron chi connectivity index (χ2n) is 3.77. The Morgan fingerprint density at radius 1 is 1.16 bits per heavy atom. The van der Waals surface area contributed by atoms with E-state index in [4.69, 9.17) is 16.2 Å². The van der Waals surface area contributed by atoms with Crippen molar-refractivity contribution in [2.75, 3.05) is 5.73 Å². The van der Waals surface area contributed by atoms with Gasteiger partial charge in [0.25, 0.3) is 0 Å². The number of ether oxygens (including phenoxy) is 1. The first-order valence-electron chi connectivity index (χ1n) is 5.30. The zero-order valence-corrected chi connectivity index (χ0v) is 9.69. The third kappa shape index (κ3) is 2.62. The molecule has 0 unspecified atom stereocenters. The van der Waals surface area contributed by atoms with Crippen LogP contribution in [0.5, 0.6) is 11.5 Å². The average molecular weight is 264 g/mol. The van der Waals surface area contributed by atoms with Gasteiger partial charge < -0.3 is 16.2 Å². The summed E-state index contributed by atoms with van der Waals surface area (Å²) in [7, 11) is 0. The minimum absolute atomic E-state index is 0.0524. The fraction of sp³-hybridized carbons (Fsp3) is 0. The maximum atomic E-state index is 13.5. The molecule has 0 aliphatic rings. The number of carbonyl (C=O) groups excluding carboxylic acids is 1. The van der Waals surface area contributed by atoms with Gasteiger partial charge >= 0.3 is 0 Å². The topological polar surface area (TPSA) is 78.3 Å². The monoisotopic (exact) mass is 264 g/mol. The number of nitrogen functional groups attached to an aromatic ring is 1. The molecule has 4 nitrogen and oxygen atoms in total. The minimum atomic E-state index is -1.19. The summed E-state index contributed by atoms with van der Waals surface area (Å²) in [6.07, 6.45) is 0. The van der Waals surface area contributed by atoms with Gasteiger partial charge in [-0.2, -0.15) is 4.39 Å². The van der Waals surface area contributed by atoms with Crippen LogP contribution in [-0.4, -0.2) is 5.91 Å². The lowest BCUT2D eigenvalue weighted by atomic mass is 10.2. The van der Waals surface area contributed by atoms with Crippen LogP contribution in [0.25, 0.3) is 0 Å². The van der Waals surface area contributed by atoms with E-state index in [1.807, 2.05) is 0 Å². The van der Waals surface area contributed by atoms with Crippen molar-refractivity contribution in [1.29, 1.82) is 0 Å². The Balaban J connectivity index is 2.39. The lowest BCUT2D eigenvalue weighted by molar-refractivity contribution is 0.1000. The highest BCUT2D eigenvalue weighted by Crippen LogP contribution is 2.32. The fourth-order valence-electron chi connectivity index (χ4n) is 1.48. The first-order chi connectivity index (χ1) is 8.99. The maximum Gasteiger partial charge on any atom is 0.248 e. The molecule has 4 N–H and O–H groups in total. The molecule has 0 spiro atoms. The van der Waals surface area contributed by atoms with Crippen LogP contribution < -0.4 is 16.2 Å². The molecule has 2 aromatic rings. The first kappa shape index (κ1) is 12.8. The quantitative estimate of drug-likeness (QED) is 0.836. The molecule has 0 atom stereocenters. The lowest BCUT2D eigenvalue weighted by Crippen LogP contribution is -2.10. The van der Waals surface area contributed by atoms with E-state index in [1.54, 1.807) is 0 Å². The van der Waals surface area contributed by atoms with Gasteiger partial charge in [-0.1, -0.05) is 6.07 Å². The van der Waals surface area contributed by atoms with E-state index in [-0.39, 0.29) is 17.0 Å². The van der Waals surface area contributed by atoms with E-state index in [2.05, 4.69) is 0 Å². The van der Waals surface area contributed by atoms with E-state index in [1.165, 1.54) is 30.3 Å². The van der Waals surface area contributed by atoms with Crippen LogP contribution >= 0.6 is 0 Å². The summed E-state index contributed by atoms with van der Waals surface area (Å²) >= 11 is 0. The van der Waals surface area contributed by atoms with Crippen LogP contribution in [0.4, 0.5) is 14.5 Å². The van der Waals surface area contributed by atoms with Gasteiger partial charge in [0.2, 0.25) is 11.7 Å². The van der Waals surface area contributed by atoms with Crippen LogP contribution in [0.15, 0.2) is 36.4 Å². The van der Waals surface area contributed by atoms with E-state index >= 15 is 0 Å². The molecule has 0 bridgehead atoms. The van der Waals surface area contributed by atoms with Crippen molar-refractivity contribution in [2.45, 2.75) is 0 Å². The van der Waals surface area contributed by atoms with Crippen LogP contribution in [0.1, 0.15) is 10.4 Å². The Labute approximate surface area is 107 Å². The standard InChI is InChI=1S/C13H10F2N2O2/c14-9-4-5-10(16)12(11(9)15)19-8-3-1-2-7(6-8)13(17)18/h1-6H,16H2,(H2,17,18). The Morgan fingerprint density at radius 2 is 1.89 bits per heavy atom. The molecule has 0 saturated heterocycles. The highest BCUT2D eigenvalue weighted by atomic mass is 19.2. The number of anilines is 1. The second-order valence-corrected chi connectivity index (χ2v) is 3.77. The lowest BCUT2D eigenvalue weighted by Gasteiger charge is -2.10. The molecule has 6 heteroatoms. The van der Waals surface area contributed by atoms with E-state index < -0.39 is 23.3 Å². The maximum absolute atomic E-state index is 13.5. The number of rotatable bonds is 3. The summed E-state index contributed by atoms with van der Waals surface area (Å²) < 4.78 is 31.8. The highest BCUT2D eigenvalue weighted by Gasteiger charge is 2.14. The van der Waals surface area contributed by atoms with Crippen molar-refractivity contribution in [3.8, 4) is 11.5 Å². The van der Waals surface area contributed by atoms with E-state index in [0.29, 0.717) is 0 Å². The molecule has 2 aromatic carbocycles. The molecule has 1 amide bonds. The summed E-state index contributed by atoms with van der Waals surface area (Å²) in [5, 5.41) is 0. The predicted molar refractivity (Wildman–Crippen MR) is 65.8 cm³/mol. The Bertz CT molecular complexity index is 645. The highest BCUT2D eigenvalue weighted by molar-refractivity contribution is 5.93. The normalized spacial score (nSPS) is 10.2. The third-order valence-electron chi connectivity index (χ3n) is 2.42. The molecule has 0 aliphatic carbocycles. The fourth-order valence-corrected chi connectivity index (χ4v) is 1.48. The number of nitrogens with two attached hydrogens (primary N) is 2. The Kier molecular flexibility index (Phi) is 3.33. The number of amides is 1. The van der Waals surface area contributed by atoms with E-state index in [9.17, 15) is 13.6 Å². The van der Waals surface area contributed by atoms with Gasteiger partial charge in [0, 0.05) is 5.56 Å². The van der Waals surface area contributed by atoms with Gasteiger partial charge in [0.15, 0.2) is 11.6 Å². The molecular weight excluding hydrogens is 254 g/mol. The molecule has 0 radical (unpaired) electrons. The number of hydrogen-bond donors (Lipinski definition) is 2. The van der Waals surface area contributed by atoms with Gasteiger partial charge in [-0.25, -0.2) is 4.39 Å². The third-order valence-corrected chi connectivity index (χ3v) is 2.42. The Hall–Kier alpha value is -2.63. The molecule has 0 fully saturated rings. The van der Waals surface area contributed by atoms with Crippen LogP contribution in [0, 0.1) is 11.6 Å². The molecule has 0 saturated carbocycles. The number of benzene rings is 2. The van der Waals surface area contributed by atoms with Gasteiger partial charge in [0.05, 0.1) is 5.69 Å². The summed E-state index contributed by atoms with van der Waals surface area (Å²) in [6.45, 7) is 0. The SMILES string of the molecule is NC(=O)c1cccc(Oc2c(N)ccc(F)c2F)c1. The molecular formula is C13H10F2N2O2. The summed E-state index contributed by atoms with van der Waals surface area (Å²) in [6, 6.07) is 7.84. The summed E-state index contributed by atoms with van der Waals surface area (Å²) in [4.78, 5) is 11.0. The zero-order valence-electron chi connectivity index (χ0n) is 9.69. The van der Waals surface area contributed by atoms with Crippen molar-refractivity contribution in [3.05, 3.63) is 53.6 Å². The molecule has 2 rings (SSSR count). The van der Waals surface area contributed by atoms with Gasteiger partial charge in [-0.05, 0) is 30.3 Å². The van der Waals surface area contributed by atoms with Crippen molar-refractivity contribution in [1.82, 2.24) is 0 Å². The smallest absolute Gasteiger partial charge is 0.248 e. The zero-order chi connectivity index (χ0) is 14.0. The van der Waals surface area contributed by atoms with Crippen LogP contribution in [0.2, 0.25) is 0 Å². The van der Waals surface area contributed by atoms with Crippen molar-refractivity contribution in [3.63, 3.8) is 0 Å². The van der Waals surface area contributed by atoms with Crippen molar-refractivity contribution in [2.24, 2.45) is 5.73 Å². The van der Waals surface area contributed by atoms with Crippen molar-refractivity contribution < 1.29 is 18.3 Å². The van der Waals surface area contributed by atoms with Crippen molar-refractivity contribution >= 4 is 11.6 Å². The number of hydrogen-bond acceptors (Lipinski definition) is 3. The predicted octanol–water partition coefficient (Wildman–Crippen LogP) is 2.44. The molecule has 0 heterocycles. The second kappa shape index (κ2) is 4.93. The van der Waals surface area contributed by atoms with Crippen LogP contribution in [-0.2, 0) is 0 Å². The van der Waals surface area contributed by atoms with Crippen LogP contribution in [0.3, 0.4) is 0 Å². The van der Waals surface area contributed by atoms with Gasteiger partial charge in [0.1, 0.15) is 5.75 Å². The number of primary amides is 1. The molecule has 98 valence electrons. The van der Waals surface area contributed by atoms with Gasteiger partial charge in [-0.15, -0.1) is 0 Å². The molecule has 0 aromatic heterocycles. The van der Waals surface area contributed by atoms with E-state index in [0.717, 1.165) is 6.07 Å².